The zero-order valence-corrected chi connectivity index (χ0v) is 13.8. The van der Waals surface area contributed by atoms with Gasteiger partial charge >= 0.3 is 0 Å². The van der Waals surface area contributed by atoms with Gasteiger partial charge in [0.2, 0.25) is 5.91 Å². The van der Waals surface area contributed by atoms with E-state index >= 15 is 0 Å². The van der Waals surface area contributed by atoms with Gasteiger partial charge < -0.3 is 15.4 Å². The van der Waals surface area contributed by atoms with Crippen molar-refractivity contribution in [2.75, 3.05) is 5.75 Å². The highest BCUT2D eigenvalue weighted by Gasteiger charge is 2.28. The number of pyridine rings is 1. The molecule has 0 fully saturated rings. The van der Waals surface area contributed by atoms with E-state index in [1.807, 2.05) is 6.92 Å². The van der Waals surface area contributed by atoms with E-state index in [9.17, 15) is 19.5 Å². The number of aromatic nitrogens is 1. The van der Waals surface area contributed by atoms with Crippen molar-refractivity contribution in [3.05, 3.63) is 28.2 Å². The number of thioether (sulfide) groups is 1. The Balaban J connectivity index is 2.15. The summed E-state index contributed by atoms with van der Waals surface area (Å²) in [6, 6.07) is 1.47. The predicted octanol–water partition coefficient (Wildman–Crippen LogP) is 1.14. The first-order valence-electron chi connectivity index (χ1n) is 7.35. The number of Topliss-reactive ketones (excluding diaryl/α,β-unsaturated/α-hetero) is 1. The SMILES string of the molecule is CCCC(NC(=O)C1CSC(C(C)=O)=N1)c1cc(O)cc(=O)[nH]1. The number of rotatable bonds is 6. The van der Waals surface area contributed by atoms with E-state index in [2.05, 4.69) is 15.3 Å². The number of H-pyrrole nitrogens is 1. The summed E-state index contributed by atoms with van der Waals surface area (Å²) in [6.07, 6.45) is 1.39. The molecule has 1 aromatic heterocycles. The second kappa shape index (κ2) is 7.45. The highest BCUT2D eigenvalue weighted by molar-refractivity contribution is 8.16. The fourth-order valence-corrected chi connectivity index (χ4v) is 3.25. The van der Waals surface area contributed by atoms with Crippen LogP contribution in [0.15, 0.2) is 21.9 Å². The van der Waals surface area contributed by atoms with Gasteiger partial charge in [0, 0.05) is 30.5 Å². The fraction of sp³-hybridized carbons (Fsp3) is 0.467. The molecule has 0 aromatic carbocycles. The van der Waals surface area contributed by atoms with Crippen LogP contribution in [0.3, 0.4) is 0 Å². The van der Waals surface area contributed by atoms with Crippen molar-refractivity contribution < 1.29 is 14.7 Å². The molecular formula is C15H19N3O4S. The monoisotopic (exact) mass is 337 g/mol. The Morgan fingerprint density at radius 1 is 1.52 bits per heavy atom. The van der Waals surface area contributed by atoms with Crippen molar-refractivity contribution in [2.24, 2.45) is 4.99 Å². The molecule has 3 N–H and O–H groups in total. The van der Waals surface area contributed by atoms with Gasteiger partial charge in [0.1, 0.15) is 16.8 Å². The van der Waals surface area contributed by atoms with Gasteiger partial charge in [-0.15, -0.1) is 11.8 Å². The van der Waals surface area contributed by atoms with E-state index in [1.54, 1.807) is 0 Å². The standard InChI is InChI=1S/C15H19N3O4S/c1-3-4-10(11-5-9(20)6-13(21)16-11)17-14(22)12-7-23-15(18-12)8(2)19/h5-6,10,12H,3-4,7H2,1-2H3,(H,17,22)(H2,16,20,21). The number of aliphatic imine (C=N–C) groups is 1. The maximum absolute atomic E-state index is 12.3. The Morgan fingerprint density at radius 3 is 2.83 bits per heavy atom. The van der Waals surface area contributed by atoms with E-state index in [0.29, 0.717) is 22.9 Å². The van der Waals surface area contributed by atoms with E-state index in [-0.39, 0.29) is 17.4 Å². The number of ketones is 1. The summed E-state index contributed by atoms with van der Waals surface area (Å²) in [7, 11) is 0. The zero-order valence-electron chi connectivity index (χ0n) is 13.0. The number of aromatic amines is 1. The Hall–Kier alpha value is -2.09. The summed E-state index contributed by atoms with van der Waals surface area (Å²) in [5.74, 6) is -0.160. The summed E-state index contributed by atoms with van der Waals surface area (Å²) in [4.78, 5) is 41.9. The molecule has 0 radical (unpaired) electrons. The second-order valence-corrected chi connectivity index (χ2v) is 6.33. The maximum Gasteiger partial charge on any atom is 0.251 e. The molecule has 124 valence electrons. The third-order valence-corrected chi connectivity index (χ3v) is 4.52. The molecule has 8 heteroatoms. The molecule has 0 aliphatic carbocycles. The van der Waals surface area contributed by atoms with Crippen LogP contribution in [0.5, 0.6) is 5.75 Å². The third kappa shape index (κ3) is 4.44. The van der Waals surface area contributed by atoms with Crippen LogP contribution in [-0.2, 0) is 9.59 Å². The lowest BCUT2D eigenvalue weighted by molar-refractivity contribution is -0.122. The van der Waals surface area contributed by atoms with Gasteiger partial charge in [-0.25, -0.2) is 0 Å². The Kier molecular flexibility index (Phi) is 5.59. The molecular weight excluding hydrogens is 318 g/mol. The van der Waals surface area contributed by atoms with Gasteiger partial charge in [0.15, 0.2) is 5.78 Å². The minimum absolute atomic E-state index is 0.146. The minimum Gasteiger partial charge on any atom is -0.508 e. The lowest BCUT2D eigenvalue weighted by Crippen LogP contribution is -2.37. The smallest absolute Gasteiger partial charge is 0.251 e. The van der Waals surface area contributed by atoms with Crippen molar-refractivity contribution in [1.29, 1.82) is 0 Å². The molecule has 0 spiro atoms. The first-order valence-corrected chi connectivity index (χ1v) is 8.34. The van der Waals surface area contributed by atoms with Crippen molar-refractivity contribution in [3.63, 3.8) is 0 Å². The van der Waals surface area contributed by atoms with Gasteiger partial charge in [-0.05, 0) is 6.42 Å². The summed E-state index contributed by atoms with van der Waals surface area (Å²) < 4.78 is 0. The van der Waals surface area contributed by atoms with Crippen LogP contribution in [-0.4, -0.2) is 38.6 Å². The minimum atomic E-state index is -0.609. The largest absolute Gasteiger partial charge is 0.508 e. The van der Waals surface area contributed by atoms with Crippen LogP contribution in [0.4, 0.5) is 0 Å². The molecule has 0 saturated heterocycles. The van der Waals surface area contributed by atoms with Gasteiger partial charge in [-0.3, -0.25) is 19.4 Å². The topological polar surface area (TPSA) is 112 Å². The molecule has 0 saturated carbocycles. The summed E-state index contributed by atoms with van der Waals surface area (Å²) in [6.45, 7) is 3.38. The van der Waals surface area contributed by atoms with E-state index in [0.717, 1.165) is 12.5 Å². The number of carbonyl (C=O) groups excluding carboxylic acids is 2. The number of nitrogens with one attached hydrogen (secondary N) is 2. The quantitative estimate of drug-likeness (QED) is 0.721. The van der Waals surface area contributed by atoms with E-state index in [4.69, 9.17) is 0 Å². The average Bonchev–Trinajstić information content (AvgIpc) is 2.95. The van der Waals surface area contributed by atoms with Gasteiger partial charge in [-0.2, -0.15) is 0 Å². The Bertz CT molecular complexity index is 698. The van der Waals surface area contributed by atoms with Crippen LogP contribution in [0, 0.1) is 0 Å². The molecule has 2 atom stereocenters. The second-order valence-electron chi connectivity index (χ2n) is 5.33. The summed E-state index contributed by atoms with van der Waals surface area (Å²) in [5.41, 5.74) is 0.0234. The molecule has 23 heavy (non-hydrogen) atoms. The van der Waals surface area contributed by atoms with E-state index in [1.165, 1.54) is 24.8 Å². The summed E-state index contributed by atoms with van der Waals surface area (Å²) in [5, 5.41) is 12.8. The molecule has 1 aliphatic rings. The van der Waals surface area contributed by atoms with Crippen LogP contribution < -0.4 is 10.9 Å². The Morgan fingerprint density at radius 2 is 2.26 bits per heavy atom. The van der Waals surface area contributed by atoms with Gasteiger partial charge in [0.05, 0.1) is 6.04 Å². The third-order valence-electron chi connectivity index (χ3n) is 3.37. The van der Waals surface area contributed by atoms with Crippen molar-refractivity contribution in [2.45, 2.75) is 38.8 Å². The van der Waals surface area contributed by atoms with Crippen molar-refractivity contribution in [1.82, 2.24) is 10.3 Å². The number of hydrogen-bond acceptors (Lipinski definition) is 6. The fourth-order valence-electron chi connectivity index (χ4n) is 2.30. The normalized spacial score (nSPS) is 18.3. The van der Waals surface area contributed by atoms with Gasteiger partial charge in [-0.1, -0.05) is 13.3 Å². The van der Waals surface area contributed by atoms with Crippen LogP contribution in [0.2, 0.25) is 0 Å². The highest BCUT2D eigenvalue weighted by atomic mass is 32.2. The molecule has 1 aromatic rings. The van der Waals surface area contributed by atoms with Crippen LogP contribution in [0.25, 0.3) is 0 Å². The van der Waals surface area contributed by atoms with Crippen molar-refractivity contribution >= 4 is 28.5 Å². The van der Waals surface area contributed by atoms with Crippen LogP contribution >= 0.6 is 11.8 Å². The molecule has 1 aliphatic heterocycles. The lowest BCUT2D eigenvalue weighted by atomic mass is 10.1. The van der Waals surface area contributed by atoms with Gasteiger partial charge in [0.25, 0.3) is 5.56 Å². The Labute approximate surface area is 137 Å². The number of amides is 1. The van der Waals surface area contributed by atoms with Crippen molar-refractivity contribution in [3.8, 4) is 5.75 Å². The summed E-state index contributed by atoms with van der Waals surface area (Å²) >= 11 is 1.27. The molecule has 2 rings (SSSR count). The molecule has 1 amide bonds. The number of hydrogen-bond donors (Lipinski definition) is 3. The zero-order chi connectivity index (χ0) is 17.0. The molecule has 7 nitrogen and oxygen atoms in total. The molecule has 0 bridgehead atoms. The number of aromatic hydroxyl groups is 1. The highest BCUT2D eigenvalue weighted by Crippen LogP contribution is 2.22. The average molecular weight is 337 g/mol. The maximum atomic E-state index is 12.3. The first kappa shape index (κ1) is 17.3. The molecule has 2 heterocycles. The first-order chi connectivity index (χ1) is 10.9. The van der Waals surface area contributed by atoms with E-state index < -0.39 is 17.6 Å². The van der Waals surface area contributed by atoms with Crippen LogP contribution in [0.1, 0.15) is 38.4 Å². The molecule has 2 unspecified atom stereocenters. The number of carbonyl (C=O) groups is 2. The predicted molar refractivity (Wildman–Crippen MR) is 88.9 cm³/mol. The number of nitrogens with zero attached hydrogens (tertiary/aromatic N) is 1. The lowest BCUT2D eigenvalue weighted by Gasteiger charge is -2.19.